The minimum atomic E-state index is -0.621. The number of anilines is 1. The smallest absolute Gasteiger partial charge is 0.326 e. The number of nitrogens with zero attached hydrogens (tertiary/aromatic N) is 1. The van der Waals surface area contributed by atoms with E-state index in [2.05, 4.69) is 5.32 Å². The van der Waals surface area contributed by atoms with Crippen LogP contribution in [-0.2, 0) is 19.1 Å². The summed E-state index contributed by atoms with van der Waals surface area (Å²) in [6.07, 6.45) is 4.17. The highest BCUT2D eigenvalue weighted by molar-refractivity contribution is 6.01. The van der Waals surface area contributed by atoms with Crippen LogP contribution in [0.15, 0.2) is 18.2 Å². The average molecular weight is 346 g/mol. The number of hydrogen-bond acceptors (Lipinski definition) is 5. The SMILES string of the molecule is Cc1ccc2c(c1)N(CC(=O)OCC(=O)NC1CCCC1)C(=O)CO2. The van der Waals surface area contributed by atoms with E-state index in [9.17, 15) is 14.4 Å². The van der Waals surface area contributed by atoms with E-state index in [1.165, 1.54) is 4.90 Å². The topological polar surface area (TPSA) is 84.9 Å². The van der Waals surface area contributed by atoms with Crippen molar-refractivity contribution in [3.63, 3.8) is 0 Å². The fourth-order valence-corrected chi connectivity index (χ4v) is 3.15. The minimum absolute atomic E-state index is 0.120. The van der Waals surface area contributed by atoms with Crippen molar-refractivity contribution in [2.45, 2.75) is 38.6 Å². The zero-order valence-electron chi connectivity index (χ0n) is 14.2. The molecular weight excluding hydrogens is 324 g/mol. The molecule has 0 saturated heterocycles. The molecular formula is C18H22N2O5. The summed E-state index contributed by atoms with van der Waals surface area (Å²) in [5, 5.41) is 2.85. The standard InChI is InChI=1S/C18H22N2O5/c1-12-6-7-15-14(8-12)20(17(22)11-24-15)9-18(23)25-10-16(21)19-13-4-2-3-5-13/h6-8,13H,2-5,9-11H2,1H3,(H,19,21). The van der Waals surface area contributed by atoms with E-state index in [1.54, 1.807) is 12.1 Å². The second kappa shape index (κ2) is 7.55. The van der Waals surface area contributed by atoms with Crippen LogP contribution in [0.4, 0.5) is 5.69 Å². The fourth-order valence-electron chi connectivity index (χ4n) is 3.15. The Balaban J connectivity index is 1.54. The molecule has 134 valence electrons. The molecule has 1 aromatic rings. The van der Waals surface area contributed by atoms with E-state index in [1.807, 2.05) is 13.0 Å². The Morgan fingerprint density at radius 3 is 2.84 bits per heavy atom. The third-order valence-corrected chi connectivity index (χ3v) is 4.43. The molecule has 1 N–H and O–H groups in total. The Labute approximate surface area is 146 Å². The molecule has 25 heavy (non-hydrogen) atoms. The normalized spacial score (nSPS) is 17.0. The van der Waals surface area contributed by atoms with Gasteiger partial charge >= 0.3 is 5.97 Å². The summed E-state index contributed by atoms with van der Waals surface area (Å²) in [5.74, 6) is -0.684. The van der Waals surface area contributed by atoms with Crippen molar-refractivity contribution in [2.24, 2.45) is 0 Å². The molecule has 1 aliphatic carbocycles. The highest BCUT2D eigenvalue weighted by atomic mass is 16.5. The third-order valence-electron chi connectivity index (χ3n) is 4.43. The number of carbonyl (C=O) groups excluding carboxylic acids is 3. The summed E-state index contributed by atoms with van der Waals surface area (Å²) >= 11 is 0. The number of benzene rings is 1. The molecule has 3 rings (SSSR count). The van der Waals surface area contributed by atoms with E-state index in [0.717, 1.165) is 31.2 Å². The van der Waals surface area contributed by atoms with Crippen molar-refractivity contribution >= 4 is 23.5 Å². The second-order valence-electron chi connectivity index (χ2n) is 6.45. The maximum absolute atomic E-state index is 12.1. The van der Waals surface area contributed by atoms with Gasteiger partial charge in [-0.3, -0.25) is 19.3 Å². The van der Waals surface area contributed by atoms with Crippen LogP contribution in [0.2, 0.25) is 0 Å². The number of esters is 1. The molecule has 2 aliphatic rings. The van der Waals surface area contributed by atoms with Crippen LogP contribution in [-0.4, -0.2) is 43.6 Å². The highest BCUT2D eigenvalue weighted by Crippen LogP contribution is 2.32. The molecule has 1 aliphatic heterocycles. The Morgan fingerprint density at radius 2 is 2.08 bits per heavy atom. The van der Waals surface area contributed by atoms with Crippen LogP contribution < -0.4 is 15.0 Å². The van der Waals surface area contributed by atoms with Crippen molar-refractivity contribution in [3.05, 3.63) is 23.8 Å². The van der Waals surface area contributed by atoms with E-state index >= 15 is 0 Å². The predicted octanol–water partition coefficient (Wildman–Crippen LogP) is 1.32. The Hall–Kier alpha value is -2.57. The van der Waals surface area contributed by atoms with E-state index in [4.69, 9.17) is 9.47 Å². The molecule has 7 nitrogen and oxygen atoms in total. The Bertz CT molecular complexity index is 682. The van der Waals surface area contributed by atoms with Gasteiger partial charge in [-0.25, -0.2) is 0 Å². The Morgan fingerprint density at radius 1 is 1.32 bits per heavy atom. The van der Waals surface area contributed by atoms with Crippen LogP contribution in [0, 0.1) is 6.92 Å². The quantitative estimate of drug-likeness (QED) is 0.813. The maximum Gasteiger partial charge on any atom is 0.326 e. The molecule has 0 aromatic heterocycles. The number of fused-ring (bicyclic) bond motifs is 1. The van der Waals surface area contributed by atoms with Crippen molar-refractivity contribution in [2.75, 3.05) is 24.7 Å². The summed E-state index contributed by atoms with van der Waals surface area (Å²) in [4.78, 5) is 37.3. The molecule has 1 heterocycles. The van der Waals surface area contributed by atoms with Crippen LogP contribution >= 0.6 is 0 Å². The largest absolute Gasteiger partial charge is 0.482 e. The summed E-state index contributed by atoms with van der Waals surface area (Å²) in [6, 6.07) is 5.61. The van der Waals surface area contributed by atoms with Crippen molar-refractivity contribution in [3.8, 4) is 5.75 Å². The zero-order chi connectivity index (χ0) is 17.8. The van der Waals surface area contributed by atoms with E-state index in [-0.39, 0.29) is 37.6 Å². The average Bonchev–Trinajstić information content (AvgIpc) is 3.08. The molecule has 1 fully saturated rings. The van der Waals surface area contributed by atoms with Crippen molar-refractivity contribution < 1.29 is 23.9 Å². The lowest BCUT2D eigenvalue weighted by Crippen LogP contribution is -2.43. The lowest BCUT2D eigenvalue weighted by molar-refractivity contribution is -0.148. The van der Waals surface area contributed by atoms with E-state index < -0.39 is 5.97 Å². The molecule has 0 unspecified atom stereocenters. The van der Waals surface area contributed by atoms with Gasteiger partial charge in [0.15, 0.2) is 13.2 Å². The molecule has 0 radical (unpaired) electrons. The first-order chi connectivity index (χ1) is 12.0. The Kier molecular flexibility index (Phi) is 5.21. The van der Waals surface area contributed by atoms with Crippen LogP contribution in [0.3, 0.4) is 0 Å². The molecule has 0 atom stereocenters. The van der Waals surface area contributed by atoms with Gasteiger partial charge in [-0.15, -0.1) is 0 Å². The first-order valence-corrected chi connectivity index (χ1v) is 8.52. The monoisotopic (exact) mass is 346 g/mol. The molecule has 1 aromatic carbocycles. The summed E-state index contributed by atoms with van der Waals surface area (Å²) in [5.41, 5.74) is 1.50. The first kappa shape index (κ1) is 17.3. The van der Waals surface area contributed by atoms with Gasteiger partial charge in [0.05, 0.1) is 5.69 Å². The van der Waals surface area contributed by atoms with Gasteiger partial charge in [-0.05, 0) is 37.5 Å². The van der Waals surface area contributed by atoms with Gasteiger partial charge in [0.25, 0.3) is 11.8 Å². The number of amides is 2. The van der Waals surface area contributed by atoms with Gasteiger partial charge in [-0.2, -0.15) is 0 Å². The molecule has 1 saturated carbocycles. The molecule has 0 spiro atoms. The zero-order valence-corrected chi connectivity index (χ0v) is 14.2. The van der Waals surface area contributed by atoms with E-state index in [0.29, 0.717) is 11.4 Å². The third kappa shape index (κ3) is 4.29. The highest BCUT2D eigenvalue weighted by Gasteiger charge is 2.28. The fraction of sp³-hybridized carbons (Fsp3) is 0.500. The number of aryl methyl sites for hydroxylation is 1. The number of hydrogen-bond donors (Lipinski definition) is 1. The van der Waals surface area contributed by atoms with Gasteiger partial charge in [0, 0.05) is 6.04 Å². The number of nitrogens with one attached hydrogen (secondary N) is 1. The van der Waals surface area contributed by atoms with Gasteiger partial charge in [0.1, 0.15) is 12.3 Å². The van der Waals surface area contributed by atoms with Crippen LogP contribution in [0.5, 0.6) is 5.75 Å². The lowest BCUT2D eigenvalue weighted by atomic mass is 10.1. The number of rotatable bonds is 5. The van der Waals surface area contributed by atoms with Crippen LogP contribution in [0.25, 0.3) is 0 Å². The van der Waals surface area contributed by atoms with Crippen molar-refractivity contribution in [1.29, 1.82) is 0 Å². The summed E-state index contributed by atoms with van der Waals surface area (Å²) in [6.45, 7) is 1.21. The molecule has 0 bridgehead atoms. The second-order valence-corrected chi connectivity index (χ2v) is 6.45. The number of carbonyl (C=O) groups is 3. The summed E-state index contributed by atoms with van der Waals surface area (Å²) < 4.78 is 10.4. The minimum Gasteiger partial charge on any atom is -0.482 e. The maximum atomic E-state index is 12.1. The van der Waals surface area contributed by atoms with Gasteiger partial charge in [-0.1, -0.05) is 18.9 Å². The van der Waals surface area contributed by atoms with Crippen LogP contribution in [0.1, 0.15) is 31.2 Å². The number of ether oxygens (including phenoxy) is 2. The summed E-state index contributed by atoms with van der Waals surface area (Å²) in [7, 11) is 0. The van der Waals surface area contributed by atoms with Crippen molar-refractivity contribution in [1.82, 2.24) is 5.32 Å². The lowest BCUT2D eigenvalue weighted by Gasteiger charge is -2.28. The molecule has 7 heteroatoms. The first-order valence-electron chi connectivity index (χ1n) is 8.52. The van der Waals surface area contributed by atoms with Gasteiger partial charge in [0.2, 0.25) is 0 Å². The predicted molar refractivity (Wildman–Crippen MR) is 90.4 cm³/mol. The van der Waals surface area contributed by atoms with Gasteiger partial charge < -0.3 is 14.8 Å². The molecule has 2 amide bonds.